The monoisotopic (exact) mass is 427 g/mol. The molecule has 6 nitrogen and oxygen atoms in total. The van der Waals surface area contributed by atoms with E-state index in [-0.39, 0.29) is 12.3 Å². The molecule has 3 aromatic heterocycles. The van der Waals surface area contributed by atoms with E-state index in [4.69, 9.17) is 0 Å². The molecule has 0 spiro atoms. The summed E-state index contributed by atoms with van der Waals surface area (Å²) in [6.07, 6.45) is 0.270. The maximum atomic E-state index is 12.2. The van der Waals surface area contributed by atoms with Gasteiger partial charge >= 0.3 is 0 Å². The van der Waals surface area contributed by atoms with Crippen LogP contribution < -0.4 is 5.32 Å². The van der Waals surface area contributed by atoms with Crippen LogP contribution in [0, 0.1) is 6.92 Å². The fraction of sp³-hybridized carbons (Fsp3) is 0.158. The van der Waals surface area contributed by atoms with Crippen molar-refractivity contribution in [1.29, 1.82) is 0 Å². The molecule has 4 rings (SSSR count). The van der Waals surface area contributed by atoms with Gasteiger partial charge in [-0.3, -0.25) is 9.89 Å². The third-order valence-electron chi connectivity index (χ3n) is 3.82. The first kappa shape index (κ1) is 18.9. The number of hydrogen-bond acceptors (Lipinski definition) is 7. The van der Waals surface area contributed by atoms with Gasteiger partial charge in [0, 0.05) is 16.8 Å². The van der Waals surface area contributed by atoms with Crippen molar-refractivity contribution in [2.45, 2.75) is 24.3 Å². The molecule has 0 bridgehead atoms. The summed E-state index contributed by atoms with van der Waals surface area (Å²) in [5.41, 5.74) is 2.89. The normalized spacial score (nSPS) is 10.9. The molecule has 0 aliphatic heterocycles. The molecule has 0 unspecified atom stereocenters. The Morgan fingerprint density at radius 1 is 1.18 bits per heavy atom. The SMILES string of the molecule is Cc1ccc(NC(=O)Cc2nc(CSc3n[nH]c(-c4cccs4)n3)cs2)cc1. The number of aromatic nitrogens is 4. The average Bonchev–Trinajstić information content (AvgIpc) is 3.43. The van der Waals surface area contributed by atoms with Crippen molar-refractivity contribution < 1.29 is 4.79 Å². The van der Waals surface area contributed by atoms with Gasteiger partial charge in [0.05, 0.1) is 17.0 Å². The third kappa shape index (κ3) is 4.86. The van der Waals surface area contributed by atoms with Crippen molar-refractivity contribution in [2.24, 2.45) is 0 Å². The highest BCUT2D eigenvalue weighted by Crippen LogP contribution is 2.25. The Morgan fingerprint density at radius 3 is 2.82 bits per heavy atom. The van der Waals surface area contributed by atoms with Gasteiger partial charge in [-0.2, -0.15) is 0 Å². The van der Waals surface area contributed by atoms with Gasteiger partial charge < -0.3 is 5.32 Å². The molecule has 3 heterocycles. The molecule has 2 N–H and O–H groups in total. The molecule has 1 amide bonds. The lowest BCUT2D eigenvalue weighted by atomic mass is 10.2. The Kier molecular flexibility index (Phi) is 5.84. The third-order valence-corrected chi connectivity index (χ3v) is 6.47. The summed E-state index contributed by atoms with van der Waals surface area (Å²) < 4.78 is 0. The first-order valence-corrected chi connectivity index (χ1v) is 11.3. The number of benzene rings is 1. The Balaban J connectivity index is 1.29. The number of nitrogens with one attached hydrogen (secondary N) is 2. The number of carbonyl (C=O) groups is 1. The second-order valence-electron chi connectivity index (χ2n) is 6.06. The molecule has 0 aliphatic carbocycles. The number of nitrogens with zero attached hydrogens (tertiary/aromatic N) is 3. The predicted octanol–water partition coefficient (Wildman–Crippen LogP) is 4.77. The summed E-state index contributed by atoms with van der Waals surface area (Å²) in [7, 11) is 0. The van der Waals surface area contributed by atoms with Crippen LogP contribution in [0.1, 0.15) is 16.3 Å². The van der Waals surface area contributed by atoms with E-state index in [2.05, 4.69) is 25.5 Å². The van der Waals surface area contributed by atoms with Gasteiger partial charge in [-0.1, -0.05) is 35.5 Å². The van der Waals surface area contributed by atoms with Crippen molar-refractivity contribution in [2.75, 3.05) is 5.32 Å². The standard InChI is InChI=1S/C19H17N5OS3/c1-12-4-6-13(7-5-12)20-16(25)9-17-21-14(10-27-17)11-28-19-22-18(23-24-19)15-3-2-8-26-15/h2-8,10H,9,11H2,1H3,(H,20,25)(H,22,23,24). The summed E-state index contributed by atoms with van der Waals surface area (Å²) in [4.78, 5) is 22.3. The number of rotatable bonds is 7. The van der Waals surface area contributed by atoms with E-state index < -0.39 is 0 Å². The molecular weight excluding hydrogens is 410 g/mol. The first-order chi connectivity index (χ1) is 13.7. The first-order valence-electron chi connectivity index (χ1n) is 8.54. The average molecular weight is 428 g/mol. The van der Waals surface area contributed by atoms with Crippen LogP contribution in [0.25, 0.3) is 10.7 Å². The predicted molar refractivity (Wildman–Crippen MR) is 115 cm³/mol. The van der Waals surface area contributed by atoms with Crippen molar-refractivity contribution >= 4 is 46.0 Å². The van der Waals surface area contributed by atoms with Crippen LogP contribution in [-0.4, -0.2) is 26.1 Å². The Bertz CT molecular complexity index is 1050. The van der Waals surface area contributed by atoms with Crippen LogP contribution in [0.4, 0.5) is 5.69 Å². The van der Waals surface area contributed by atoms with Crippen molar-refractivity contribution in [3.8, 4) is 10.7 Å². The molecule has 4 aromatic rings. The number of carbonyl (C=O) groups excluding carboxylic acids is 1. The van der Waals surface area contributed by atoms with Crippen LogP contribution in [0.15, 0.2) is 52.3 Å². The molecule has 142 valence electrons. The van der Waals surface area contributed by atoms with Gasteiger partial charge in [0.15, 0.2) is 5.82 Å². The quantitative estimate of drug-likeness (QED) is 0.415. The number of thiazole rings is 1. The number of H-pyrrole nitrogens is 1. The lowest BCUT2D eigenvalue weighted by Gasteiger charge is -2.04. The zero-order valence-electron chi connectivity index (χ0n) is 15.0. The van der Waals surface area contributed by atoms with Gasteiger partial charge in [-0.05, 0) is 30.5 Å². The van der Waals surface area contributed by atoms with Crippen molar-refractivity contribution in [3.63, 3.8) is 0 Å². The highest BCUT2D eigenvalue weighted by atomic mass is 32.2. The molecule has 0 atom stereocenters. The van der Waals surface area contributed by atoms with E-state index in [1.54, 1.807) is 11.3 Å². The van der Waals surface area contributed by atoms with E-state index in [1.807, 2.05) is 54.1 Å². The zero-order valence-corrected chi connectivity index (χ0v) is 17.5. The van der Waals surface area contributed by atoms with Crippen LogP contribution in [0.3, 0.4) is 0 Å². The number of thiophene rings is 1. The minimum atomic E-state index is -0.0630. The van der Waals surface area contributed by atoms with E-state index in [9.17, 15) is 4.79 Å². The summed E-state index contributed by atoms with van der Waals surface area (Å²) in [6, 6.07) is 11.7. The van der Waals surface area contributed by atoms with Gasteiger partial charge in [-0.15, -0.1) is 27.8 Å². The number of hydrogen-bond donors (Lipinski definition) is 2. The second kappa shape index (κ2) is 8.68. The molecule has 0 saturated heterocycles. The van der Waals surface area contributed by atoms with Crippen molar-refractivity contribution in [3.05, 3.63) is 63.4 Å². The largest absolute Gasteiger partial charge is 0.326 e. The lowest BCUT2D eigenvalue weighted by Crippen LogP contribution is -2.14. The van der Waals surface area contributed by atoms with Gasteiger partial charge in [0.25, 0.3) is 0 Å². The molecule has 0 saturated carbocycles. The molecular formula is C19H17N5OS3. The summed E-state index contributed by atoms with van der Waals surface area (Å²) in [6.45, 7) is 2.02. The molecule has 1 aromatic carbocycles. The molecule has 0 fully saturated rings. The fourth-order valence-electron chi connectivity index (χ4n) is 2.45. The Labute approximate surface area is 174 Å². The van der Waals surface area contributed by atoms with E-state index in [1.165, 1.54) is 23.1 Å². The van der Waals surface area contributed by atoms with Gasteiger partial charge in [-0.25, -0.2) is 9.97 Å². The summed E-state index contributed by atoms with van der Waals surface area (Å²) >= 11 is 4.64. The van der Waals surface area contributed by atoms with Crippen LogP contribution in [-0.2, 0) is 17.0 Å². The number of aromatic amines is 1. The summed E-state index contributed by atoms with van der Waals surface area (Å²) in [5, 5.41) is 15.6. The Hall–Kier alpha value is -2.49. The lowest BCUT2D eigenvalue weighted by molar-refractivity contribution is -0.115. The fourth-order valence-corrected chi connectivity index (χ4v) is 4.70. The van der Waals surface area contributed by atoms with E-state index >= 15 is 0 Å². The number of aryl methyl sites for hydroxylation is 1. The minimum Gasteiger partial charge on any atom is -0.326 e. The maximum Gasteiger partial charge on any atom is 0.231 e. The minimum absolute atomic E-state index is 0.0630. The highest BCUT2D eigenvalue weighted by Gasteiger charge is 2.11. The van der Waals surface area contributed by atoms with Crippen molar-refractivity contribution in [1.82, 2.24) is 20.2 Å². The molecule has 9 heteroatoms. The molecule has 0 radical (unpaired) electrons. The topological polar surface area (TPSA) is 83.6 Å². The molecule has 0 aliphatic rings. The second-order valence-corrected chi connectivity index (χ2v) is 8.89. The van der Waals surface area contributed by atoms with E-state index in [0.717, 1.165) is 32.7 Å². The van der Waals surface area contributed by atoms with Crippen LogP contribution >= 0.6 is 34.4 Å². The highest BCUT2D eigenvalue weighted by molar-refractivity contribution is 7.98. The molecule has 28 heavy (non-hydrogen) atoms. The smallest absolute Gasteiger partial charge is 0.231 e. The number of amides is 1. The Morgan fingerprint density at radius 2 is 2.04 bits per heavy atom. The summed E-state index contributed by atoms with van der Waals surface area (Å²) in [5.74, 6) is 1.38. The van der Waals surface area contributed by atoms with Gasteiger partial charge in [0.1, 0.15) is 5.01 Å². The van der Waals surface area contributed by atoms with Crippen LogP contribution in [0.2, 0.25) is 0 Å². The zero-order chi connectivity index (χ0) is 19.3. The number of anilines is 1. The van der Waals surface area contributed by atoms with E-state index in [0.29, 0.717) is 10.9 Å². The maximum absolute atomic E-state index is 12.2. The van der Waals surface area contributed by atoms with Gasteiger partial charge in [0.2, 0.25) is 11.1 Å². The van der Waals surface area contributed by atoms with Crippen LogP contribution in [0.5, 0.6) is 0 Å². The number of thioether (sulfide) groups is 1.